The highest BCUT2D eigenvalue weighted by atomic mass is 35.5. The first kappa shape index (κ1) is 21.6. The summed E-state index contributed by atoms with van der Waals surface area (Å²) in [5.74, 6) is 0.157. The van der Waals surface area contributed by atoms with Crippen molar-refractivity contribution < 1.29 is 9.59 Å². The van der Waals surface area contributed by atoms with Crippen LogP contribution in [0.1, 0.15) is 16.8 Å². The summed E-state index contributed by atoms with van der Waals surface area (Å²) in [7, 11) is 1.89. The third-order valence-electron chi connectivity index (χ3n) is 5.69. The lowest BCUT2D eigenvalue weighted by Crippen LogP contribution is -2.40. The minimum absolute atomic E-state index is 0.0135. The molecule has 4 N–H and O–H groups in total. The summed E-state index contributed by atoms with van der Waals surface area (Å²) < 4.78 is 2.88. The molecule has 1 saturated heterocycles. The van der Waals surface area contributed by atoms with Crippen molar-refractivity contribution >= 4 is 67.1 Å². The normalized spacial score (nSPS) is 16.0. The Morgan fingerprint density at radius 3 is 2.85 bits per heavy atom. The van der Waals surface area contributed by atoms with Gasteiger partial charge in [0.1, 0.15) is 0 Å². The third-order valence-corrected chi connectivity index (χ3v) is 6.86. The average molecular weight is 484 g/mol. The number of likely N-dealkylation sites (tertiary alicyclic amines) is 1. The summed E-state index contributed by atoms with van der Waals surface area (Å²) in [6.45, 7) is 1.11. The number of nitrogens with one attached hydrogen (secondary N) is 2. The van der Waals surface area contributed by atoms with Gasteiger partial charge in [0.15, 0.2) is 5.13 Å². The van der Waals surface area contributed by atoms with E-state index in [4.69, 9.17) is 17.3 Å². The van der Waals surface area contributed by atoms with Gasteiger partial charge < -0.3 is 25.8 Å². The number of fused-ring (bicyclic) bond motifs is 2. The number of aromatic nitrogens is 3. The first-order valence-corrected chi connectivity index (χ1v) is 11.7. The molecule has 0 aliphatic carbocycles. The molecule has 0 spiro atoms. The van der Waals surface area contributed by atoms with Gasteiger partial charge in [0.25, 0.3) is 5.91 Å². The van der Waals surface area contributed by atoms with E-state index in [1.165, 1.54) is 11.3 Å². The fourth-order valence-corrected chi connectivity index (χ4v) is 5.02. The van der Waals surface area contributed by atoms with Gasteiger partial charge in [-0.05, 0) is 42.8 Å². The molecule has 1 aliphatic rings. The molecule has 0 radical (unpaired) electrons. The van der Waals surface area contributed by atoms with Gasteiger partial charge in [0.05, 0.1) is 27.8 Å². The zero-order valence-electron chi connectivity index (χ0n) is 17.8. The lowest BCUT2D eigenvalue weighted by molar-refractivity contribution is -0.129. The molecule has 3 heterocycles. The maximum atomic E-state index is 12.6. The number of carbonyl (C=O) groups is 2. The van der Waals surface area contributed by atoms with Crippen LogP contribution in [-0.2, 0) is 11.8 Å². The number of imidazole rings is 1. The van der Waals surface area contributed by atoms with Crippen molar-refractivity contribution in [1.29, 1.82) is 0 Å². The van der Waals surface area contributed by atoms with E-state index in [2.05, 4.69) is 20.6 Å². The van der Waals surface area contributed by atoms with Crippen molar-refractivity contribution in [2.24, 2.45) is 12.8 Å². The average Bonchev–Trinajstić information content (AvgIpc) is 3.48. The number of benzene rings is 2. The molecule has 2 aromatic carbocycles. The van der Waals surface area contributed by atoms with E-state index in [1.807, 2.05) is 35.9 Å². The quantitative estimate of drug-likeness (QED) is 0.401. The highest BCUT2D eigenvalue weighted by Gasteiger charge is 2.23. The topological polar surface area (TPSA) is 118 Å². The zero-order valence-corrected chi connectivity index (χ0v) is 19.4. The van der Waals surface area contributed by atoms with Gasteiger partial charge in [-0.1, -0.05) is 22.9 Å². The SMILES string of the molecule is Cn1c(Nc2nc3ccc(Cl)cc3s2)nc2cc(C(=O)NCC(=O)N3CC[C@H](N)C3)ccc21. The lowest BCUT2D eigenvalue weighted by atomic mass is 10.2. The maximum Gasteiger partial charge on any atom is 0.251 e. The van der Waals surface area contributed by atoms with Crippen molar-refractivity contribution in [2.45, 2.75) is 12.5 Å². The van der Waals surface area contributed by atoms with E-state index in [0.717, 1.165) is 22.2 Å². The van der Waals surface area contributed by atoms with Crippen LogP contribution in [0.15, 0.2) is 36.4 Å². The molecule has 0 saturated carbocycles. The molecule has 33 heavy (non-hydrogen) atoms. The number of nitrogens with zero attached hydrogens (tertiary/aromatic N) is 4. The third kappa shape index (κ3) is 4.37. The van der Waals surface area contributed by atoms with Crippen LogP contribution in [0.2, 0.25) is 5.02 Å². The number of anilines is 2. The Bertz CT molecular complexity index is 1380. The summed E-state index contributed by atoms with van der Waals surface area (Å²) in [4.78, 5) is 35.8. The number of halogens is 1. The smallest absolute Gasteiger partial charge is 0.251 e. The summed E-state index contributed by atoms with van der Waals surface area (Å²) >= 11 is 7.55. The Morgan fingerprint density at radius 1 is 1.21 bits per heavy atom. The number of aryl methyl sites for hydroxylation is 1. The summed E-state index contributed by atoms with van der Waals surface area (Å²) in [6, 6.07) is 10.8. The minimum atomic E-state index is -0.322. The predicted octanol–water partition coefficient (Wildman–Crippen LogP) is 2.87. The molecule has 170 valence electrons. The number of rotatable bonds is 5. The van der Waals surface area contributed by atoms with E-state index in [1.54, 1.807) is 17.0 Å². The first-order valence-electron chi connectivity index (χ1n) is 10.5. The van der Waals surface area contributed by atoms with Crippen molar-refractivity contribution in [2.75, 3.05) is 25.0 Å². The van der Waals surface area contributed by atoms with E-state index < -0.39 is 0 Å². The number of amides is 2. The van der Waals surface area contributed by atoms with Crippen LogP contribution < -0.4 is 16.4 Å². The summed E-state index contributed by atoms with van der Waals surface area (Å²) in [5, 5.41) is 7.31. The molecule has 0 unspecified atom stereocenters. The van der Waals surface area contributed by atoms with Gasteiger partial charge in [-0.3, -0.25) is 9.59 Å². The van der Waals surface area contributed by atoms with Crippen LogP contribution >= 0.6 is 22.9 Å². The molecule has 1 aliphatic heterocycles. The zero-order chi connectivity index (χ0) is 23.1. The summed E-state index contributed by atoms with van der Waals surface area (Å²) in [5.41, 5.74) is 8.66. The number of hydrogen-bond donors (Lipinski definition) is 3. The second-order valence-electron chi connectivity index (χ2n) is 8.03. The molecule has 4 aromatic rings. The lowest BCUT2D eigenvalue weighted by Gasteiger charge is -2.16. The Balaban J connectivity index is 1.30. The molecule has 9 nitrogen and oxygen atoms in total. The van der Waals surface area contributed by atoms with Gasteiger partial charge in [-0.15, -0.1) is 0 Å². The number of hydrogen-bond acceptors (Lipinski definition) is 7. The van der Waals surface area contributed by atoms with Crippen LogP contribution in [0.3, 0.4) is 0 Å². The molecule has 1 atom stereocenters. The van der Waals surface area contributed by atoms with Crippen molar-refractivity contribution in [3.63, 3.8) is 0 Å². The van der Waals surface area contributed by atoms with Crippen molar-refractivity contribution in [1.82, 2.24) is 24.8 Å². The summed E-state index contributed by atoms with van der Waals surface area (Å²) in [6.07, 6.45) is 0.789. The predicted molar refractivity (Wildman–Crippen MR) is 130 cm³/mol. The maximum absolute atomic E-state index is 12.6. The Labute approximate surface area is 198 Å². The van der Waals surface area contributed by atoms with Crippen LogP contribution in [-0.4, -0.2) is 56.9 Å². The first-order chi connectivity index (χ1) is 15.9. The van der Waals surface area contributed by atoms with Crippen molar-refractivity contribution in [3.8, 4) is 0 Å². The second-order valence-corrected chi connectivity index (χ2v) is 9.49. The van der Waals surface area contributed by atoms with E-state index in [9.17, 15) is 9.59 Å². The molecular formula is C22H22ClN7O2S. The standard InChI is InChI=1S/C22H22ClN7O2S/c1-29-17-5-2-12(20(32)25-10-19(31)30-7-6-14(24)11-30)8-16(17)26-21(29)28-22-27-15-4-3-13(23)9-18(15)33-22/h2-5,8-9,14H,6-7,10-11,24H2,1H3,(H,25,32)(H,26,27,28)/t14-/m0/s1. The number of nitrogens with two attached hydrogens (primary N) is 1. The second kappa shape index (κ2) is 8.62. The molecule has 5 rings (SSSR count). The molecule has 1 fully saturated rings. The number of carbonyl (C=O) groups excluding carboxylic acids is 2. The van der Waals surface area contributed by atoms with Crippen molar-refractivity contribution in [3.05, 3.63) is 47.0 Å². The Hall–Kier alpha value is -3.21. The van der Waals surface area contributed by atoms with E-state index in [-0.39, 0.29) is 24.4 Å². The molecule has 0 bridgehead atoms. The molecule has 2 aromatic heterocycles. The van der Waals surface area contributed by atoms with E-state index in [0.29, 0.717) is 40.3 Å². The van der Waals surface area contributed by atoms with Crippen LogP contribution in [0.4, 0.5) is 11.1 Å². The van der Waals surface area contributed by atoms with E-state index >= 15 is 0 Å². The van der Waals surface area contributed by atoms with Gasteiger partial charge >= 0.3 is 0 Å². The number of thiazole rings is 1. The Morgan fingerprint density at radius 2 is 2.06 bits per heavy atom. The molecule has 2 amide bonds. The minimum Gasteiger partial charge on any atom is -0.343 e. The van der Waals surface area contributed by atoms with Crippen LogP contribution in [0.5, 0.6) is 0 Å². The van der Waals surface area contributed by atoms with Gasteiger partial charge in [-0.25, -0.2) is 9.97 Å². The largest absolute Gasteiger partial charge is 0.343 e. The monoisotopic (exact) mass is 483 g/mol. The highest BCUT2D eigenvalue weighted by molar-refractivity contribution is 7.22. The molecular weight excluding hydrogens is 462 g/mol. The van der Waals surface area contributed by atoms with Gasteiger partial charge in [-0.2, -0.15) is 0 Å². The fraction of sp³-hybridized carbons (Fsp3) is 0.273. The van der Waals surface area contributed by atoms with Crippen LogP contribution in [0.25, 0.3) is 21.3 Å². The molecule has 11 heteroatoms. The fourth-order valence-electron chi connectivity index (χ4n) is 3.88. The Kier molecular flexibility index (Phi) is 5.65. The highest BCUT2D eigenvalue weighted by Crippen LogP contribution is 2.31. The van der Waals surface area contributed by atoms with Crippen LogP contribution in [0, 0.1) is 0 Å². The van der Waals surface area contributed by atoms with Gasteiger partial charge in [0, 0.05) is 36.8 Å². The van der Waals surface area contributed by atoms with Gasteiger partial charge in [0.2, 0.25) is 11.9 Å².